The Morgan fingerprint density at radius 2 is 1.20 bits per heavy atom. The van der Waals surface area contributed by atoms with E-state index in [4.69, 9.17) is 32.5 Å². The van der Waals surface area contributed by atoms with Gasteiger partial charge in [0.25, 0.3) is 0 Å². The van der Waals surface area contributed by atoms with E-state index in [1.165, 1.54) is 0 Å². The SMILES string of the molecule is CC(N)C(C)(C)N.NC(CO)(CO)CO. The average molecular weight is 223 g/mol. The molecule has 0 aliphatic carbocycles. The van der Waals surface area contributed by atoms with Crippen molar-refractivity contribution in [1.29, 1.82) is 0 Å². The van der Waals surface area contributed by atoms with Crippen molar-refractivity contribution in [2.24, 2.45) is 17.2 Å². The Hall–Kier alpha value is -0.240. The molecule has 0 aromatic heterocycles. The number of rotatable bonds is 4. The van der Waals surface area contributed by atoms with Crippen LogP contribution in [-0.2, 0) is 0 Å². The van der Waals surface area contributed by atoms with Crippen molar-refractivity contribution in [2.45, 2.75) is 37.9 Å². The van der Waals surface area contributed by atoms with Gasteiger partial charge in [0, 0.05) is 11.6 Å². The average Bonchev–Trinajstić information content (AvgIpc) is 2.16. The molecule has 0 rings (SSSR count). The topological polar surface area (TPSA) is 139 Å². The normalized spacial score (nSPS) is 14.2. The molecule has 6 nitrogen and oxygen atoms in total. The second-order valence-electron chi connectivity index (χ2n) is 4.45. The van der Waals surface area contributed by atoms with Crippen LogP contribution in [0.25, 0.3) is 0 Å². The van der Waals surface area contributed by atoms with Gasteiger partial charge in [-0.3, -0.25) is 0 Å². The van der Waals surface area contributed by atoms with Gasteiger partial charge in [0.05, 0.1) is 25.4 Å². The first-order valence-electron chi connectivity index (χ1n) is 4.79. The van der Waals surface area contributed by atoms with Crippen LogP contribution in [0.1, 0.15) is 20.8 Å². The summed E-state index contributed by atoms with van der Waals surface area (Å²) in [6, 6.07) is 0.0764. The molecule has 94 valence electrons. The van der Waals surface area contributed by atoms with Crippen LogP contribution >= 0.6 is 0 Å². The van der Waals surface area contributed by atoms with Crippen LogP contribution in [0.3, 0.4) is 0 Å². The molecule has 0 aliphatic rings. The van der Waals surface area contributed by atoms with E-state index < -0.39 is 25.4 Å². The Kier molecular flexibility index (Phi) is 8.13. The van der Waals surface area contributed by atoms with E-state index in [-0.39, 0.29) is 11.6 Å². The van der Waals surface area contributed by atoms with Crippen molar-refractivity contribution in [3.8, 4) is 0 Å². The van der Waals surface area contributed by atoms with Crippen LogP contribution in [0.2, 0.25) is 0 Å². The molecule has 1 atom stereocenters. The minimum atomic E-state index is -1.21. The highest BCUT2D eigenvalue weighted by Gasteiger charge is 2.20. The summed E-state index contributed by atoms with van der Waals surface area (Å²) >= 11 is 0. The highest BCUT2D eigenvalue weighted by atomic mass is 16.3. The fraction of sp³-hybridized carbons (Fsp3) is 1.00. The quantitative estimate of drug-likeness (QED) is 0.318. The molecule has 0 aliphatic heterocycles. The van der Waals surface area contributed by atoms with E-state index in [1.807, 2.05) is 20.8 Å². The third-order valence-electron chi connectivity index (χ3n) is 2.12. The third-order valence-corrected chi connectivity index (χ3v) is 2.12. The summed E-state index contributed by atoms with van der Waals surface area (Å²) < 4.78 is 0. The Morgan fingerprint density at radius 3 is 1.20 bits per heavy atom. The smallest absolute Gasteiger partial charge is 0.0856 e. The molecule has 1 unspecified atom stereocenters. The number of aliphatic hydroxyl groups is 3. The molecule has 6 heteroatoms. The molecule has 0 saturated heterocycles. The monoisotopic (exact) mass is 223 g/mol. The van der Waals surface area contributed by atoms with Crippen LogP contribution in [0.15, 0.2) is 0 Å². The third kappa shape index (κ3) is 8.73. The summed E-state index contributed by atoms with van der Waals surface area (Å²) in [5.41, 5.74) is 14.7. The molecule has 0 aromatic rings. The Labute approximate surface area is 91.1 Å². The van der Waals surface area contributed by atoms with E-state index in [1.54, 1.807) is 0 Å². The first-order chi connectivity index (χ1) is 6.63. The minimum absolute atomic E-state index is 0.0764. The maximum atomic E-state index is 8.34. The van der Waals surface area contributed by atoms with Gasteiger partial charge in [0.1, 0.15) is 0 Å². The van der Waals surface area contributed by atoms with Crippen molar-refractivity contribution in [3.63, 3.8) is 0 Å². The van der Waals surface area contributed by atoms with Gasteiger partial charge < -0.3 is 32.5 Å². The molecular weight excluding hydrogens is 198 g/mol. The summed E-state index contributed by atoms with van der Waals surface area (Å²) in [4.78, 5) is 0. The van der Waals surface area contributed by atoms with Crippen molar-refractivity contribution in [2.75, 3.05) is 19.8 Å². The lowest BCUT2D eigenvalue weighted by Crippen LogP contribution is -2.50. The van der Waals surface area contributed by atoms with Crippen molar-refractivity contribution >= 4 is 0 Å². The van der Waals surface area contributed by atoms with E-state index >= 15 is 0 Å². The van der Waals surface area contributed by atoms with E-state index in [0.29, 0.717) is 0 Å². The Balaban J connectivity index is 0. The zero-order valence-corrected chi connectivity index (χ0v) is 9.77. The van der Waals surface area contributed by atoms with E-state index in [0.717, 1.165) is 0 Å². The second-order valence-corrected chi connectivity index (χ2v) is 4.45. The molecule has 0 heterocycles. The maximum Gasteiger partial charge on any atom is 0.0856 e. The summed E-state index contributed by atoms with van der Waals surface area (Å²) in [6.45, 7) is 4.52. The van der Waals surface area contributed by atoms with Crippen LogP contribution in [0.4, 0.5) is 0 Å². The summed E-state index contributed by atoms with van der Waals surface area (Å²) in [5.74, 6) is 0. The van der Waals surface area contributed by atoms with Crippen molar-refractivity contribution in [3.05, 3.63) is 0 Å². The van der Waals surface area contributed by atoms with E-state index in [9.17, 15) is 0 Å². The molecule has 0 radical (unpaired) electrons. The highest BCUT2D eigenvalue weighted by Crippen LogP contribution is 1.98. The van der Waals surface area contributed by atoms with Crippen molar-refractivity contribution < 1.29 is 15.3 Å². The molecule has 0 fully saturated rings. The fourth-order valence-electron chi connectivity index (χ4n) is 0.150. The second kappa shape index (κ2) is 7.10. The van der Waals surface area contributed by atoms with Crippen molar-refractivity contribution in [1.82, 2.24) is 0 Å². The van der Waals surface area contributed by atoms with Crippen LogP contribution < -0.4 is 17.2 Å². The molecule has 0 amide bonds. The van der Waals surface area contributed by atoms with Gasteiger partial charge in [-0.25, -0.2) is 0 Å². The van der Waals surface area contributed by atoms with Crippen LogP contribution in [-0.4, -0.2) is 52.3 Å². The standard InChI is InChI=1S/C5H14N2.C4H11NO3/c1-4(6)5(2,3)7;5-4(1-6,2-7)3-8/h4H,6-7H2,1-3H3;6-8H,1-3,5H2. The van der Waals surface area contributed by atoms with E-state index in [2.05, 4.69) is 0 Å². The lowest BCUT2D eigenvalue weighted by atomic mass is 9.99. The fourth-order valence-corrected chi connectivity index (χ4v) is 0.150. The minimum Gasteiger partial charge on any atom is -0.394 e. The largest absolute Gasteiger partial charge is 0.394 e. The van der Waals surface area contributed by atoms with Crippen LogP contribution in [0.5, 0.6) is 0 Å². The first-order valence-corrected chi connectivity index (χ1v) is 4.79. The zero-order chi connectivity index (χ0) is 12.7. The summed E-state index contributed by atoms with van der Waals surface area (Å²) in [6.07, 6.45) is 0. The molecule has 0 saturated carbocycles. The predicted molar refractivity (Wildman–Crippen MR) is 60.1 cm³/mol. The first kappa shape index (κ1) is 17.2. The van der Waals surface area contributed by atoms with Gasteiger partial charge >= 0.3 is 0 Å². The molecule has 0 spiro atoms. The molecule has 15 heavy (non-hydrogen) atoms. The highest BCUT2D eigenvalue weighted by molar-refractivity contribution is 4.81. The molecule has 9 N–H and O–H groups in total. The molecule has 0 aromatic carbocycles. The number of nitrogens with two attached hydrogens (primary N) is 3. The molecular formula is C9H25N3O3. The number of hydrogen-bond acceptors (Lipinski definition) is 6. The number of aliphatic hydroxyl groups excluding tert-OH is 3. The van der Waals surface area contributed by atoms with Gasteiger partial charge in [-0.2, -0.15) is 0 Å². The number of hydrogen-bond donors (Lipinski definition) is 6. The Bertz CT molecular complexity index is 145. The Morgan fingerprint density at radius 1 is 1.00 bits per heavy atom. The van der Waals surface area contributed by atoms with Crippen LogP contribution in [0, 0.1) is 0 Å². The lowest BCUT2D eigenvalue weighted by Gasteiger charge is -2.22. The summed E-state index contributed by atoms with van der Waals surface area (Å²) in [5, 5.41) is 25.0. The maximum absolute atomic E-state index is 8.34. The van der Waals surface area contributed by atoms with Gasteiger partial charge in [-0.15, -0.1) is 0 Å². The van der Waals surface area contributed by atoms with Gasteiger partial charge in [0.15, 0.2) is 0 Å². The van der Waals surface area contributed by atoms with Gasteiger partial charge in [0.2, 0.25) is 0 Å². The lowest BCUT2D eigenvalue weighted by molar-refractivity contribution is 0.0698. The van der Waals surface area contributed by atoms with Gasteiger partial charge in [-0.05, 0) is 20.8 Å². The molecule has 0 bridgehead atoms. The van der Waals surface area contributed by atoms with Gasteiger partial charge in [-0.1, -0.05) is 0 Å². The zero-order valence-electron chi connectivity index (χ0n) is 9.77. The predicted octanol–water partition coefficient (Wildman–Crippen LogP) is -2.27. The summed E-state index contributed by atoms with van der Waals surface area (Å²) in [7, 11) is 0.